The molecule has 1 aromatic rings. The van der Waals surface area contributed by atoms with Crippen molar-refractivity contribution in [1.29, 1.82) is 0 Å². The van der Waals surface area contributed by atoms with Crippen molar-refractivity contribution in [2.45, 2.75) is 76.4 Å². The lowest BCUT2D eigenvalue weighted by molar-refractivity contribution is 0.00107. The Morgan fingerprint density at radius 2 is 2.12 bits per heavy atom. The minimum atomic E-state index is -0.622. The summed E-state index contributed by atoms with van der Waals surface area (Å²) in [6.45, 7) is 4.05. The molecule has 0 radical (unpaired) electrons. The number of nitrogens with zero attached hydrogens (tertiary/aromatic N) is 2. The highest BCUT2D eigenvalue weighted by molar-refractivity contribution is 5.93. The van der Waals surface area contributed by atoms with Crippen LogP contribution in [0.25, 0.3) is 0 Å². The Hall–Kier alpha value is -1.69. The van der Waals surface area contributed by atoms with Gasteiger partial charge in [0, 0.05) is 11.7 Å². The van der Waals surface area contributed by atoms with Crippen LogP contribution >= 0.6 is 0 Å². The van der Waals surface area contributed by atoms with Gasteiger partial charge in [0.05, 0.1) is 16.9 Å². The van der Waals surface area contributed by atoms with E-state index in [1.54, 1.807) is 0 Å². The van der Waals surface area contributed by atoms with Crippen molar-refractivity contribution >= 4 is 11.9 Å². The molecule has 3 rings (SSSR count). The summed E-state index contributed by atoms with van der Waals surface area (Å²) in [5, 5.41) is 13.7. The Morgan fingerprint density at radius 1 is 1.38 bits per heavy atom. The highest BCUT2D eigenvalue weighted by Gasteiger charge is 2.33. The fourth-order valence-corrected chi connectivity index (χ4v) is 3.99. The molecular formula is C18H28N4O2. The third kappa shape index (κ3) is 3.86. The molecule has 0 aliphatic heterocycles. The predicted octanol–water partition coefficient (Wildman–Crippen LogP) is 2.41. The monoisotopic (exact) mass is 332 g/mol. The average Bonchev–Trinajstić information content (AvgIpc) is 2.44. The number of carbonyl (C=O) groups is 1. The molecule has 1 heterocycles. The number of aromatic nitrogens is 2. The molecule has 0 spiro atoms. The second-order valence-corrected chi connectivity index (χ2v) is 8.12. The minimum Gasteiger partial charge on any atom is -0.390 e. The van der Waals surface area contributed by atoms with Crippen LogP contribution in [-0.2, 0) is 6.42 Å². The molecule has 1 aromatic heterocycles. The first kappa shape index (κ1) is 17.1. The number of hydrogen-bond acceptors (Lipinski definition) is 5. The summed E-state index contributed by atoms with van der Waals surface area (Å²) in [7, 11) is 0. The molecule has 24 heavy (non-hydrogen) atoms. The van der Waals surface area contributed by atoms with Crippen molar-refractivity contribution in [2.24, 2.45) is 11.7 Å². The number of anilines is 1. The van der Waals surface area contributed by atoms with E-state index in [1.165, 1.54) is 12.6 Å². The first-order chi connectivity index (χ1) is 11.3. The Morgan fingerprint density at radius 3 is 2.71 bits per heavy atom. The lowest BCUT2D eigenvalue weighted by Gasteiger charge is -2.39. The van der Waals surface area contributed by atoms with E-state index in [-0.39, 0.29) is 5.54 Å². The molecule has 0 bridgehead atoms. The van der Waals surface area contributed by atoms with Gasteiger partial charge in [-0.15, -0.1) is 0 Å². The number of nitrogens with one attached hydrogen (secondary N) is 1. The van der Waals surface area contributed by atoms with Crippen molar-refractivity contribution in [3.8, 4) is 0 Å². The maximum atomic E-state index is 11.7. The Bertz CT molecular complexity index is 625. The second-order valence-electron chi connectivity index (χ2n) is 8.12. The average molecular weight is 332 g/mol. The summed E-state index contributed by atoms with van der Waals surface area (Å²) in [5.74, 6) is 0.391. The summed E-state index contributed by atoms with van der Waals surface area (Å²) in [6.07, 6.45) is 9.22. The third-order valence-corrected chi connectivity index (χ3v) is 5.54. The second kappa shape index (κ2) is 6.31. The summed E-state index contributed by atoms with van der Waals surface area (Å²) in [6, 6.07) is 0. The molecule has 0 saturated heterocycles. The molecular weight excluding hydrogens is 304 g/mol. The van der Waals surface area contributed by atoms with Crippen LogP contribution in [0.15, 0.2) is 6.20 Å². The first-order valence-corrected chi connectivity index (χ1v) is 8.93. The number of amides is 1. The Kier molecular flexibility index (Phi) is 4.51. The van der Waals surface area contributed by atoms with Gasteiger partial charge in [0.2, 0.25) is 5.95 Å². The molecule has 2 atom stereocenters. The van der Waals surface area contributed by atoms with E-state index in [0.717, 1.165) is 38.5 Å². The largest absolute Gasteiger partial charge is 0.390 e. The van der Waals surface area contributed by atoms with Crippen molar-refractivity contribution in [3.05, 3.63) is 17.5 Å². The van der Waals surface area contributed by atoms with Crippen molar-refractivity contribution < 1.29 is 9.90 Å². The van der Waals surface area contributed by atoms with E-state index in [4.69, 9.17) is 5.73 Å². The van der Waals surface area contributed by atoms with Gasteiger partial charge in [-0.3, -0.25) is 4.79 Å². The van der Waals surface area contributed by atoms with E-state index >= 15 is 0 Å². The third-order valence-electron chi connectivity index (χ3n) is 5.54. The minimum absolute atomic E-state index is 0.0556. The number of nitrogens with two attached hydrogens (primary N) is 1. The zero-order valence-corrected chi connectivity index (χ0v) is 14.6. The normalized spacial score (nSPS) is 28.9. The van der Waals surface area contributed by atoms with Gasteiger partial charge >= 0.3 is 0 Å². The van der Waals surface area contributed by atoms with E-state index in [0.29, 0.717) is 29.5 Å². The van der Waals surface area contributed by atoms with Crippen molar-refractivity contribution in [3.63, 3.8) is 0 Å². The number of primary amides is 1. The summed E-state index contributed by atoms with van der Waals surface area (Å²) in [5.41, 5.74) is 6.03. The van der Waals surface area contributed by atoms with Crippen molar-refractivity contribution in [1.82, 2.24) is 9.97 Å². The number of hydrogen-bond donors (Lipinski definition) is 3. The molecule has 0 aromatic carbocycles. The Labute approximate surface area is 143 Å². The van der Waals surface area contributed by atoms with E-state index < -0.39 is 11.5 Å². The quantitative estimate of drug-likeness (QED) is 0.768. The number of rotatable bonds is 5. The SMILES string of the molecule is CC1(Nc2ncc(C(N)=O)c(C[C@@H]3CCC[C@](C)(O)C3)n2)CCC1. The van der Waals surface area contributed by atoms with Gasteiger partial charge in [0.25, 0.3) is 5.91 Å². The van der Waals surface area contributed by atoms with Gasteiger partial charge in [-0.05, 0) is 64.7 Å². The lowest BCUT2D eigenvalue weighted by atomic mass is 9.77. The molecule has 2 saturated carbocycles. The zero-order chi connectivity index (χ0) is 17.4. The molecule has 0 unspecified atom stereocenters. The van der Waals surface area contributed by atoms with E-state index in [2.05, 4.69) is 22.2 Å². The van der Waals surface area contributed by atoms with Gasteiger partial charge in [-0.25, -0.2) is 9.97 Å². The topological polar surface area (TPSA) is 101 Å². The van der Waals surface area contributed by atoms with Crippen LogP contribution in [0, 0.1) is 5.92 Å². The van der Waals surface area contributed by atoms with Gasteiger partial charge in [-0.2, -0.15) is 0 Å². The standard InChI is InChI=1S/C18H28N4O2/c1-17(6-4-7-17)22-16-20-11-13(15(19)23)14(21-16)9-12-5-3-8-18(2,24)10-12/h11-12,24H,3-10H2,1-2H3,(H2,19,23)(H,20,21,22)/t12-,18-/m0/s1. The van der Waals surface area contributed by atoms with Crippen LogP contribution in [0.1, 0.15) is 74.8 Å². The summed E-state index contributed by atoms with van der Waals surface area (Å²) < 4.78 is 0. The van der Waals surface area contributed by atoms with Gasteiger partial charge < -0.3 is 16.2 Å². The van der Waals surface area contributed by atoms with Gasteiger partial charge in [0.1, 0.15) is 0 Å². The number of aliphatic hydroxyl groups is 1. The molecule has 132 valence electrons. The van der Waals surface area contributed by atoms with Crippen LogP contribution in [0.5, 0.6) is 0 Å². The van der Waals surface area contributed by atoms with E-state index in [1.807, 2.05) is 6.92 Å². The van der Waals surface area contributed by atoms with Gasteiger partial charge in [-0.1, -0.05) is 6.42 Å². The molecule has 2 aliphatic rings. The predicted molar refractivity (Wildman–Crippen MR) is 92.7 cm³/mol. The summed E-state index contributed by atoms with van der Waals surface area (Å²) >= 11 is 0. The van der Waals surface area contributed by atoms with Gasteiger partial charge in [0.15, 0.2) is 0 Å². The molecule has 1 amide bonds. The smallest absolute Gasteiger partial charge is 0.252 e. The van der Waals surface area contributed by atoms with E-state index in [9.17, 15) is 9.90 Å². The van der Waals surface area contributed by atoms with Crippen LogP contribution < -0.4 is 11.1 Å². The van der Waals surface area contributed by atoms with Crippen LogP contribution in [0.4, 0.5) is 5.95 Å². The molecule has 6 heteroatoms. The Balaban J connectivity index is 1.79. The highest BCUT2D eigenvalue weighted by atomic mass is 16.3. The fourth-order valence-electron chi connectivity index (χ4n) is 3.99. The highest BCUT2D eigenvalue weighted by Crippen LogP contribution is 2.35. The van der Waals surface area contributed by atoms with Crippen LogP contribution in [0.2, 0.25) is 0 Å². The van der Waals surface area contributed by atoms with Crippen LogP contribution in [0.3, 0.4) is 0 Å². The number of carbonyl (C=O) groups excluding carboxylic acids is 1. The fraction of sp³-hybridized carbons (Fsp3) is 0.722. The van der Waals surface area contributed by atoms with Crippen LogP contribution in [-0.4, -0.2) is 32.1 Å². The maximum Gasteiger partial charge on any atom is 0.252 e. The lowest BCUT2D eigenvalue weighted by Crippen LogP contribution is -2.42. The zero-order valence-electron chi connectivity index (χ0n) is 14.6. The molecule has 2 aliphatic carbocycles. The molecule has 4 N–H and O–H groups in total. The van der Waals surface area contributed by atoms with Crippen molar-refractivity contribution in [2.75, 3.05) is 5.32 Å². The molecule has 6 nitrogen and oxygen atoms in total. The maximum absolute atomic E-state index is 11.7. The first-order valence-electron chi connectivity index (χ1n) is 8.93. The summed E-state index contributed by atoms with van der Waals surface area (Å²) in [4.78, 5) is 20.6. The molecule has 2 fully saturated rings.